The number of rotatable bonds is 5. The van der Waals surface area contributed by atoms with E-state index in [9.17, 15) is 4.79 Å². The Morgan fingerprint density at radius 1 is 1.45 bits per heavy atom. The lowest BCUT2D eigenvalue weighted by atomic mass is 10.1. The van der Waals surface area contributed by atoms with Crippen LogP contribution >= 0.6 is 0 Å². The summed E-state index contributed by atoms with van der Waals surface area (Å²) in [6.07, 6.45) is 2.47. The monoisotopic (exact) mass is 272 g/mol. The molecule has 0 aliphatic heterocycles. The maximum Gasteiger partial charge on any atom is 0.356 e. The highest BCUT2D eigenvalue weighted by Gasteiger charge is 2.23. The number of hydrogen-bond acceptors (Lipinski definition) is 3. The molecule has 1 fully saturated rings. The number of carboxylic acid groups (broad SMARTS) is 1. The molecular formula is C15H16N2O3. The van der Waals surface area contributed by atoms with Crippen LogP contribution in [0.5, 0.6) is 5.75 Å². The zero-order valence-electron chi connectivity index (χ0n) is 11.2. The number of nitrogens with zero attached hydrogens (tertiary/aromatic N) is 2. The highest BCUT2D eigenvalue weighted by atomic mass is 16.5. The number of aromatic carboxylic acids is 1. The molecule has 1 heterocycles. The molecule has 0 spiro atoms. The second-order valence-corrected chi connectivity index (χ2v) is 5.09. The third kappa shape index (κ3) is 2.52. The first-order valence-corrected chi connectivity index (χ1v) is 6.64. The normalized spacial score (nSPS) is 14.2. The van der Waals surface area contributed by atoms with Gasteiger partial charge in [-0.05, 0) is 37.0 Å². The summed E-state index contributed by atoms with van der Waals surface area (Å²) in [6.45, 7) is 0.723. The summed E-state index contributed by atoms with van der Waals surface area (Å²) in [6, 6.07) is 9.23. The van der Waals surface area contributed by atoms with E-state index in [-0.39, 0.29) is 5.69 Å². The van der Waals surface area contributed by atoms with E-state index in [0.29, 0.717) is 5.92 Å². The van der Waals surface area contributed by atoms with Gasteiger partial charge in [0.1, 0.15) is 5.75 Å². The van der Waals surface area contributed by atoms with Crippen LogP contribution in [0, 0.1) is 5.92 Å². The molecule has 1 aromatic heterocycles. The average molecular weight is 272 g/mol. The van der Waals surface area contributed by atoms with Crippen molar-refractivity contribution in [3.05, 3.63) is 36.0 Å². The van der Waals surface area contributed by atoms with Gasteiger partial charge in [-0.1, -0.05) is 12.1 Å². The summed E-state index contributed by atoms with van der Waals surface area (Å²) in [4.78, 5) is 11.0. The third-order valence-electron chi connectivity index (χ3n) is 3.43. The summed E-state index contributed by atoms with van der Waals surface area (Å²) >= 11 is 0. The predicted molar refractivity (Wildman–Crippen MR) is 73.8 cm³/mol. The van der Waals surface area contributed by atoms with Crippen molar-refractivity contribution in [3.8, 4) is 17.0 Å². The van der Waals surface area contributed by atoms with Crippen molar-refractivity contribution in [2.45, 2.75) is 12.8 Å². The number of benzene rings is 1. The van der Waals surface area contributed by atoms with Crippen molar-refractivity contribution in [2.75, 3.05) is 6.61 Å². The molecule has 1 aromatic carbocycles. The lowest BCUT2D eigenvalue weighted by Crippen LogP contribution is -2.02. The number of aromatic nitrogens is 2. The van der Waals surface area contributed by atoms with Crippen LogP contribution in [0.15, 0.2) is 30.3 Å². The van der Waals surface area contributed by atoms with Crippen molar-refractivity contribution < 1.29 is 14.6 Å². The van der Waals surface area contributed by atoms with E-state index in [4.69, 9.17) is 9.84 Å². The van der Waals surface area contributed by atoms with E-state index in [0.717, 1.165) is 23.6 Å². The van der Waals surface area contributed by atoms with Crippen molar-refractivity contribution in [2.24, 2.45) is 13.0 Å². The number of ether oxygens (including phenoxy) is 1. The standard InChI is InChI=1S/C15H16N2O3/c1-17-13(8-12(16-17)15(18)19)11-4-2-3-5-14(11)20-9-10-6-7-10/h2-5,8,10H,6-7,9H2,1H3,(H,18,19). The Morgan fingerprint density at radius 2 is 2.20 bits per heavy atom. The molecule has 0 radical (unpaired) electrons. The topological polar surface area (TPSA) is 64.4 Å². The van der Waals surface area contributed by atoms with Gasteiger partial charge < -0.3 is 9.84 Å². The lowest BCUT2D eigenvalue weighted by molar-refractivity contribution is 0.0689. The minimum Gasteiger partial charge on any atom is -0.493 e. The maximum atomic E-state index is 11.0. The molecule has 0 atom stereocenters. The highest BCUT2D eigenvalue weighted by Crippen LogP contribution is 2.33. The van der Waals surface area contributed by atoms with Gasteiger partial charge in [0.05, 0.1) is 12.3 Å². The van der Waals surface area contributed by atoms with Crippen LogP contribution in [0.4, 0.5) is 0 Å². The van der Waals surface area contributed by atoms with E-state index in [1.807, 2.05) is 24.3 Å². The van der Waals surface area contributed by atoms with Gasteiger partial charge in [-0.15, -0.1) is 0 Å². The fourth-order valence-electron chi connectivity index (χ4n) is 2.12. The minimum atomic E-state index is -1.02. The van der Waals surface area contributed by atoms with Crippen LogP contribution in [-0.2, 0) is 7.05 Å². The molecule has 5 nitrogen and oxygen atoms in total. The Bertz CT molecular complexity index is 644. The van der Waals surface area contributed by atoms with Gasteiger partial charge in [0.25, 0.3) is 0 Å². The van der Waals surface area contributed by atoms with E-state index < -0.39 is 5.97 Å². The Kier molecular flexibility index (Phi) is 3.18. The van der Waals surface area contributed by atoms with Crippen molar-refractivity contribution >= 4 is 5.97 Å². The molecule has 3 rings (SSSR count). The van der Waals surface area contributed by atoms with Gasteiger partial charge in [-0.2, -0.15) is 5.10 Å². The van der Waals surface area contributed by atoms with Crippen LogP contribution in [0.1, 0.15) is 23.3 Å². The summed E-state index contributed by atoms with van der Waals surface area (Å²) in [5.74, 6) is 0.423. The molecule has 20 heavy (non-hydrogen) atoms. The summed E-state index contributed by atoms with van der Waals surface area (Å²) in [5, 5.41) is 13.0. The zero-order chi connectivity index (χ0) is 14.1. The third-order valence-corrected chi connectivity index (χ3v) is 3.43. The lowest BCUT2D eigenvalue weighted by Gasteiger charge is -2.11. The van der Waals surface area contributed by atoms with E-state index >= 15 is 0 Å². The smallest absolute Gasteiger partial charge is 0.356 e. The van der Waals surface area contributed by atoms with Gasteiger partial charge in [0.15, 0.2) is 5.69 Å². The molecule has 0 unspecified atom stereocenters. The fraction of sp³-hybridized carbons (Fsp3) is 0.333. The Hall–Kier alpha value is -2.30. The average Bonchev–Trinajstić information content (AvgIpc) is 3.18. The fourth-order valence-corrected chi connectivity index (χ4v) is 2.12. The van der Waals surface area contributed by atoms with Crippen LogP contribution in [0.25, 0.3) is 11.3 Å². The molecule has 104 valence electrons. The van der Waals surface area contributed by atoms with Gasteiger partial charge in [0.2, 0.25) is 0 Å². The predicted octanol–water partition coefficient (Wildman–Crippen LogP) is 2.57. The van der Waals surface area contributed by atoms with Crippen molar-refractivity contribution in [1.82, 2.24) is 9.78 Å². The second kappa shape index (κ2) is 5.00. The molecule has 5 heteroatoms. The number of para-hydroxylation sites is 1. The highest BCUT2D eigenvalue weighted by molar-refractivity contribution is 5.87. The van der Waals surface area contributed by atoms with Crippen LogP contribution in [0.3, 0.4) is 0 Å². The first-order valence-electron chi connectivity index (χ1n) is 6.64. The van der Waals surface area contributed by atoms with Crippen LogP contribution in [0.2, 0.25) is 0 Å². The number of hydrogen-bond donors (Lipinski definition) is 1. The number of carboxylic acids is 1. The molecule has 0 saturated heterocycles. The molecular weight excluding hydrogens is 256 g/mol. The second-order valence-electron chi connectivity index (χ2n) is 5.09. The van der Waals surface area contributed by atoms with E-state index in [2.05, 4.69) is 5.10 Å². The Balaban J connectivity index is 1.93. The van der Waals surface area contributed by atoms with Gasteiger partial charge in [-0.3, -0.25) is 4.68 Å². The van der Waals surface area contributed by atoms with E-state index in [1.165, 1.54) is 12.8 Å². The molecule has 1 saturated carbocycles. The summed E-state index contributed by atoms with van der Waals surface area (Å²) in [5.41, 5.74) is 1.66. The SMILES string of the molecule is Cn1nc(C(=O)O)cc1-c1ccccc1OCC1CC1. The number of aryl methyl sites for hydroxylation is 1. The van der Waals surface area contributed by atoms with Crippen molar-refractivity contribution in [3.63, 3.8) is 0 Å². The minimum absolute atomic E-state index is 0.0412. The first-order chi connectivity index (χ1) is 9.65. The summed E-state index contributed by atoms with van der Waals surface area (Å²) < 4.78 is 7.42. The Labute approximate surface area is 116 Å². The van der Waals surface area contributed by atoms with Gasteiger partial charge in [-0.25, -0.2) is 4.79 Å². The zero-order valence-corrected chi connectivity index (χ0v) is 11.2. The molecule has 0 bridgehead atoms. The summed E-state index contributed by atoms with van der Waals surface area (Å²) in [7, 11) is 1.74. The quantitative estimate of drug-likeness (QED) is 0.908. The number of carbonyl (C=O) groups is 1. The molecule has 1 aliphatic carbocycles. The van der Waals surface area contributed by atoms with Gasteiger partial charge >= 0.3 is 5.97 Å². The molecule has 1 aliphatic rings. The molecule has 2 aromatic rings. The van der Waals surface area contributed by atoms with Crippen LogP contribution < -0.4 is 4.74 Å². The largest absolute Gasteiger partial charge is 0.493 e. The van der Waals surface area contributed by atoms with E-state index in [1.54, 1.807) is 17.8 Å². The van der Waals surface area contributed by atoms with Gasteiger partial charge in [0, 0.05) is 12.6 Å². The molecule has 0 amide bonds. The maximum absolute atomic E-state index is 11.0. The van der Waals surface area contributed by atoms with Crippen molar-refractivity contribution in [1.29, 1.82) is 0 Å². The van der Waals surface area contributed by atoms with Crippen LogP contribution in [-0.4, -0.2) is 27.5 Å². The first kappa shape index (κ1) is 12.7. The Morgan fingerprint density at radius 3 is 2.85 bits per heavy atom. The molecule has 1 N–H and O–H groups in total.